The van der Waals surface area contributed by atoms with E-state index in [-0.39, 0.29) is 11.9 Å². The van der Waals surface area contributed by atoms with E-state index < -0.39 is 0 Å². The second kappa shape index (κ2) is 6.91. The number of hydrogen-bond donors (Lipinski definition) is 1. The van der Waals surface area contributed by atoms with Gasteiger partial charge in [0.1, 0.15) is 5.82 Å². The molecule has 0 saturated carbocycles. The Balaban J connectivity index is 1.88. The summed E-state index contributed by atoms with van der Waals surface area (Å²) in [7, 11) is 0. The fraction of sp³-hybridized carbons (Fsp3) is 0.294. The van der Waals surface area contributed by atoms with E-state index in [1.165, 1.54) is 28.8 Å². The molecule has 0 bridgehead atoms. The van der Waals surface area contributed by atoms with Crippen molar-refractivity contribution in [2.75, 3.05) is 5.75 Å². The molecule has 106 valence electrons. The quantitative estimate of drug-likeness (QED) is 0.838. The maximum atomic E-state index is 12.8. The third kappa shape index (κ3) is 4.66. The smallest absolute Gasteiger partial charge is 0.123 e. The Labute approximate surface area is 124 Å². The van der Waals surface area contributed by atoms with Crippen LogP contribution in [0.3, 0.4) is 0 Å². The van der Waals surface area contributed by atoms with Crippen LogP contribution in [-0.4, -0.2) is 11.8 Å². The molecule has 0 aliphatic rings. The summed E-state index contributed by atoms with van der Waals surface area (Å²) in [6.45, 7) is 4.21. The molecule has 0 heterocycles. The summed E-state index contributed by atoms with van der Waals surface area (Å²) in [5.74, 6) is 0.632. The van der Waals surface area contributed by atoms with Crippen LogP contribution in [0.5, 0.6) is 0 Å². The van der Waals surface area contributed by atoms with Crippen LogP contribution in [0.1, 0.15) is 16.7 Å². The van der Waals surface area contributed by atoms with Crippen molar-refractivity contribution >= 4 is 11.8 Å². The Bertz CT molecular complexity index is 545. The first-order valence-electron chi connectivity index (χ1n) is 6.74. The van der Waals surface area contributed by atoms with Crippen LogP contribution in [0.2, 0.25) is 0 Å². The Morgan fingerprint density at radius 2 is 1.65 bits per heavy atom. The number of hydrogen-bond acceptors (Lipinski definition) is 2. The lowest BCUT2D eigenvalue weighted by Crippen LogP contribution is -2.25. The topological polar surface area (TPSA) is 26.0 Å². The van der Waals surface area contributed by atoms with Crippen LogP contribution in [0.25, 0.3) is 0 Å². The van der Waals surface area contributed by atoms with Gasteiger partial charge < -0.3 is 5.73 Å². The zero-order valence-corrected chi connectivity index (χ0v) is 12.7. The molecule has 3 heteroatoms. The summed E-state index contributed by atoms with van der Waals surface area (Å²) in [6.07, 6.45) is 0.872. The average molecular weight is 289 g/mol. The first kappa shape index (κ1) is 15.1. The first-order valence-corrected chi connectivity index (χ1v) is 7.72. The summed E-state index contributed by atoms with van der Waals surface area (Å²) < 4.78 is 12.8. The molecule has 2 N–H and O–H groups in total. The van der Waals surface area contributed by atoms with Crippen LogP contribution >= 0.6 is 11.8 Å². The van der Waals surface area contributed by atoms with Crippen molar-refractivity contribution in [3.05, 3.63) is 65.0 Å². The van der Waals surface area contributed by atoms with Gasteiger partial charge in [-0.1, -0.05) is 29.3 Å². The molecule has 1 atom stereocenters. The van der Waals surface area contributed by atoms with Crippen molar-refractivity contribution in [1.29, 1.82) is 0 Å². The largest absolute Gasteiger partial charge is 0.327 e. The lowest BCUT2D eigenvalue weighted by atomic mass is 10.0. The molecular formula is C17H20FNS. The molecular weight excluding hydrogens is 269 g/mol. The molecule has 1 unspecified atom stereocenters. The molecule has 0 saturated heterocycles. The Kier molecular flexibility index (Phi) is 5.21. The maximum Gasteiger partial charge on any atom is 0.123 e. The SMILES string of the molecule is Cc1cc(C)cc(CC(N)CSc2ccc(F)cc2)c1. The minimum atomic E-state index is -0.200. The highest BCUT2D eigenvalue weighted by Gasteiger charge is 2.06. The number of thioether (sulfide) groups is 1. The van der Waals surface area contributed by atoms with Crippen molar-refractivity contribution in [2.24, 2.45) is 5.73 Å². The molecule has 0 aliphatic carbocycles. The molecule has 2 rings (SSSR count). The lowest BCUT2D eigenvalue weighted by Gasteiger charge is -2.12. The highest BCUT2D eigenvalue weighted by Crippen LogP contribution is 2.20. The predicted molar refractivity (Wildman–Crippen MR) is 84.7 cm³/mol. The minimum Gasteiger partial charge on any atom is -0.327 e. The van der Waals surface area contributed by atoms with Crippen molar-refractivity contribution < 1.29 is 4.39 Å². The van der Waals surface area contributed by atoms with E-state index in [9.17, 15) is 4.39 Å². The van der Waals surface area contributed by atoms with Gasteiger partial charge >= 0.3 is 0 Å². The number of benzene rings is 2. The highest BCUT2D eigenvalue weighted by molar-refractivity contribution is 7.99. The van der Waals surface area contributed by atoms with Crippen LogP contribution in [-0.2, 0) is 6.42 Å². The van der Waals surface area contributed by atoms with E-state index >= 15 is 0 Å². The molecule has 0 fully saturated rings. The van der Waals surface area contributed by atoms with E-state index in [0.29, 0.717) is 0 Å². The Morgan fingerprint density at radius 1 is 1.05 bits per heavy atom. The summed E-state index contributed by atoms with van der Waals surface area (Å²) in [4.78, 5) is 1.06. The number of nitrogens with two attached hydrogens (primary N) is 1. The van der Waals surface area contributed by atoms with E-state index in [4.69, 9.17) is 5.73 Å². The maximum absolute atomic E-state index is 12.8. The van der Waals surface area contributed by atoms with Crippen LogP contribution < -0.4 is 5.73 Å². The Morgan fingerprint density at radius 3 is 2.25 bits per heavy atom. The predicted octanol–water partition coefficient (Wildman–Crippen LogP) is 4.10. The van der Waals surface area contributed by atoms with Gasteiger partial charge in [0.25, 0.3) is 0 Å². The normalized spacial score (nSPS) is 12.4. The summed E-state index contributed by atoms with van der Waals surface area (Å²) in [5, 5.41) is 0. The summed E-state index contributed by atoms with van der Waals surface area (Å²) in [5.41, 5.74) is 10.0. The third-order valence-corrected chi connectivity index (χ3v) is 4.26. The van der Waals surface area contributed by atoms with E-state index in [0.717, 1.165) is 17.1 Å². The summed E-state index contributed by atoms with van der Waals surface area (Å²) in [6, 6.07) is 13.2. The fourth-order valence-corrected chi connectivity index (χ4v) is 3.14. The van der Waals surface area contributed by atoms with Gasteiger partial charge in [-0.05, 0) is 50.1 Å². The van der Waals surface area contributed by atoms with Crippen molar-refractivity contribution in [3.8, 4) is 0 Å². The first-order chi connectivity index (χ1) is 9.52. The highest BCUT2D eigenvalue weighted by atomic mass is 32.2. The van der Waals surface area contributed by atoms with Gasteiger partial charge in [0.05, 0.1) is 0 Å². The molecule has 0 aliphatic heterocycles. The van der Waals surface area contributed by atoms with Gasteiger partial charge in [-0.25, -0.2) is 4.39 Å². The second-order valence-corrected chi connectivity index (χ2v) is 6.32. The third-order valence-electron chi connectivity index (χ3n) is 3.06. The minimum absolute atomic E-state index is 0.103. The lowest BCUT2D eigenvalue weighted by molar-refractivity contribution is 0.626. The molecule has 0 amide bonds. The van der Waals surface area contributed by atoms with Gasteiger partial charge in [-0.15, -0.1) is 11.8 Å². The van der Waals surface area contributed by atoms with Crippen LogP contribution in [0.15, 0.2) is 47.4 Å². The second-order valence-electron chi connectivity index (χ2n) is 5.23. The standard InChI is InChI=1S/C17H20FNS/c1-12-7-13(2)9-14(8-12)10-16(19)11-20-17-5-3-15(18)4-6-17/h3-9,16H,10-11,19H2,1-2H3. The van der Waals surface area contributed by atoms with Crippen LogP contribution in [0, 0.1) is 19.7 Å². The van der Waals surface area contributed by atoms with Gasteiger partial charge in [-0.2, -0.15) is 0 Å². The van der Waals surface area contributed by atoms with Crippen LogP contribution in [0.4, 0.5) is 4.39 Å². The van der Waals surface area contributed by atoms with E-state index in [1.54, 1.807) is 23.9 Å². The van der Waals surface area contributed by atoms with E-state index in [1.807, 2.05) is 0 Å². The number of halogens is 1. The molecule has 20 heavy (non-hydrogen) atoms. The fourth-order valence-electron chi connectivity index (χ4n) is 2.28. The Hall–Kier alpha value is -1.32. The van der Waals surface area contributed by atoms with Crippen molar-refractivity contribution in [1.82, 2.24) is 0 Å². The van der Waals surface area contributed by atoms with E-state index in [2.05, 4.69) is 32.0 Å². The van der Waals surface area contributed by atoms with Crippen molar-refractivity contribution in [2.45, 2.75) is 31.2 Å². The van der Waals surface area contributed by atoms with Gasteiger partial charge in [0.2, 0.25) is 0 Å². The van der Waals surface area contributed by atoms with Gasteiger partial charge in [-0.3, -0.25) is 0 Å². The van der Waals surface area contributed by atoms with Crippen molar-refractivity contribution in [3.63, 3.8) is 0 Å². The molecule has 0 spiro atoms. The molecule has 0 radical (unpaired) electrons. The zero-order valence-electron chi connectivity index (χ0n) is 11.9. The van der Waals surface area contributed by atoms with Gasteiger partial charge in [0.15, 0.2) is 0 Å². The monoisotopic (exact) mass is 289 g/mol. The summed E-state index contributed by atoms with van der Waals surface area (Å²) >= 11 is 1.67. The molecule has 2 aromatic carbocycles. The zero-order chi connectivity index (χ0) is 14.5. The molecule has 0 aromatic heterocycles. The average Bonchev–Trinajstić information content (AvgIpc) is 2.37. The number of rotatable bonds is 5. The van der Waals surface area contributed by atoms with Gasteiger partial charge in [0, 0.05) is 16.7 Å². The number of aryl methyl sites for hydroxylation is 2. The molecule has 1 nitrogen and oxygen atoms in total. The molecule has 2 aromatic rings.